The molecule has 1 aromatic carbocycles. The van der Waals surface area contributed by atoms with Crippen molar-refractivity contribution >= 4 is 17.7 Å². The number of benzene rings is 1. The quantitative estimate of drug-likeness (QED) is 0.807. The molecule has 0 unspecified atom stereocenters. The number of fused-ring (bicyclic) bond motifs is 2. The van der Waals surface area contributed by atoms with E-state index in [1.54, 1.807) is 0 Å². The summed E-state index contributed by atoms with van der Waals surface area (Å²) < 4.78 is 11.2. The number of carbonyl (C=O) groups excluding carboxylic acids is 1. The molecule has 0 spiro atoms. The van der Waals surface area contributed by atoms with Gasteiger partial charge >= 0.3 is 0 Å². The second-order valence-electron chi connectivity index (χ2n) is 5.71. The first kappa shape index (κ1) is 15.5. The summed E-state index contributed by atoms with van der Waals surface area (Å²) in [5.41, 5.74) is 0.993. The normalized spacial score (nSPS) is 22.9. The number of amides is 1. The van der Waals surface area contributed by atoms with Crippen molar-refractivity contribution in [2.75, 3.05) is 25.5 Å². The number of ether oxygens (including phenoxy) is 2. The van der Waals surface area contributed by atoms with Crippen LogP contribution in [0.1, 0.15) is 25.8 Å². The second-order valence-corrected chi connectivity index (χ2v) is 7.05. The molecule has 2 aliphatic heterocycles. The number of hydrogen-bond acceptors (Lipinski definition) is 4. The molecule has 0 N–H and O–H groups in total. The molecular weight excluding hydrogens is 298 g/mol. The lowest BCUT2D eigenvalue weighted by atomic mass is 10.1. The van der Waals surface area contributed by atoms with Gasteiger partial charge in [0.25, 0.3) is 0 Å². The Labute approximate surface area is 136 Å². The minimum absolute atomic E-state index is 0.236. The molecule has 2 saturated heterocycles. The van der Waals surface area contributed by atoms with Crippen LogP contribution in [0, 0.1) is 0 Å². The lowest BCUT2D eigenvalue weighted by molar-refractivity contribution is -0.130. The number of nitrogens with zero attached hydrogens (tertiary/aromatic N) is 1. The van der Waals surface area contributed by atoms with E-state index in [-0.39, 0.29) is 5.91 Å². The SMILES string of the molecule is CCOc1ccc(CC(=O)N2C[C@H]3C[C@H]2CS3)cc1OCC. The van der Waals surface area contributed by atoms with Gasteiger partial charge in [0.15, 0.2) is 11.5 Å². The third-order valence-corrected chi connectivity index (χ3v) is 5.57. The first-order valence-electron chi connectivity index (χ1n) is 8.00. The third kappa shape index (κ3) is 3.19. The minimum atomic E-state index is 0.236. The molecular formula is C17H23NO3S. The van der Waals surface area contributed by atoms with E-state index < -0.39 is 0 Å². The van der Waals surface area contributed by atoms with Crippen molar-refractivity contribution in [2.24, 2.45) is 0 Å². The number of thioether (sulfide) groups is 1. The second kappa shape index (κ2) is 6.82. The minimum Gasteiger partial charge on any atom is -0.490 e. The van der Waals surface area contributed by atoms with Crippen LogP contribution in [0.2, 0.25) is 0 Å². The Morgan fingerprint density at radius 1 is 1.27 bits per heavy atom. The maximum atomic E-state index is 12.5. The molecule has 0 saturated carbocycles. The monoisotopic (exact) mass is 321 g/mol. The number of rotatable bonds is 6. The lowest BCUT2D eigenvalue weighted by Gasteiger charge is -2.26. The van der Waals surface area contributed by atoms with Crippen molar-refractivity contribution in [2.45, 2.75) is 38.0 Å². The van der Waals surface area contributed by atoms with Crippen molar-refractivity contribution in [1.82, 2.24) is 4.90 Å². The molecule has 2 fully saturated rings. The van der Waals surface area contributed by atoms with E-state index >= 15 is 0 Å². The van der Waals surface area contributed by atoms with Crippen LogP contribution in [-0.4, -0.2) is 47.6 Å². The van der Waals surface area contributed by atoms with Gasteiger partial charge in [-0.2, -0.15) is 11.8 Å². The Hall–Kier alpha value is -1.36. The van der Waals surface area contributed by atoms with Crippen LogP contribution >= 0.6 is 11.8 Å². The molecule has 4 nitrogen and oxygen atoms in total. The Morgan fingerprint density at radius 3 is 2.68 bits per heavy atom. The zero-order valence-corrected chi connectivity index (χ0v) is 14.0. The van der Waals surface area contributed by atoms with Gasteiger partial charge in [0.2, 0.25) is 5.91 Å². The molecule has 1 amide bonds. The standard InChI is InChI=1S/C17H23NO3S/c1-3-20-15-6-5-12(7-16(15)21-4-2)8-17(19)18-10-14-9-13(18)11-22-14/h5-7,13-14H,3-4,8-11H2,1-2H3/t13-,14+/m0/s1. The summed E-state index contributed by atoms with van der Waals surface area (Å²) in [4.78, 5) is 14.6. The van der Waals surface area contributed by atoms with Crippen molar-refractivity contribution in [3.05, 3.63) is 23.8 Å². The van der Waals surface area contributed by atoms with E-state index in [9.17, 15) is 4.79 Å². The van der Waals surface area contributed by atoms with Gasteiger partial charge in [0.05, 0.1) is 19.6 Å². The average Bonchev–Trinajstić information content (AvgIpc) is 3.13. The molecule has 2 bridgehead atoms. The summed E-state index contributed by atoms with van der Waals surface area (Å²) >= 11 is 2.01. The first-order valence-corrected chi connectivity index (χ1v) is 9.05. The van der Waals surface area contributed by atoms with Gasteiger partial charge in [-0.15, -0.1) is 0 Å². The molecule has 0 aromatic heterocycles. The van der Waals surface area contributed by atoms with E-state index in [1.807, 2.05) is 43.8 Å². The molecule has 2 heterocycles. The van der Waals surface area contributed by atoms with Crippen LogP contribution in [0.4, 0.5) is 0 Å². The van der Waals surface area contributed by atoms with Gasteiger partial charge in [-0.05, 0) is 38.0 Å². The van der Waals surface area contributed by atoms with Crippen molar-refractivity contribution in [3.63, 3.8) is 0 Å². The summed E-state index contributed by atoms with van der Waals surface area (Å²) in [6, 6.07) is 6.27. The number of likely N-dealkylation sites (tertiary alicyclic amines) is 1. The molecule has 3 rings (SSSR count). The molecule has 2 aliphatic rings. The summed E-state index contributed by atoms with van der Waals surface area (Å²) in [5, 5.41) is 0.660. The van der Waals surface area contributed by atoms with E-state index in [0.717, 1.165) is 29.4 Å². The zero-order chi connectivity index (χ0) is 15.5. The van der Waals surface area contributed by atoms with Crippen LogP contribution in [0.25, 0.3) is 0 Å². The average molecular weight is 321 g/mol. The van der Waals surface area contributed by atoms with Crippen LogP contribution < -0.4 is 9.47 Å². The molecule has 2 atom stereocenters. The Kier molecular flexibility index (Phi) is 4.81. The highest BCUT2D eigenvalue weighted by Crippen LogP contribution is 2.37. The van der Waals surface area contributed by atoms with E-state index in [0.29, 0.717) is 30.9 Å². The van der Waals surface area contributed by atoms with Crippen LogP contribution in [0.15, 0.2) is 18.2 Å². The summed E-state index contributed by atoms with van der Waals surface area (Å²) in [7, 11) is 0. The molecule has 0 aliphatic carbocycles. The summed E-state index contributed by atoms with van der Waals surface area (Å²) in [6.45, 7) is 6.01. The Morgan fingerprint density at radius 2 is 2.05 bits per heavy atom. The fourth-order valence-corrected chi connectivity index (χ4v) is 4.62. The maximum absolute atomic E-state index is 12.5. The highest BCUT2D eigenvalue weighted by atomic mass is 32.2. The maximum Gasteiger partial charge on any atom is 0.227 e. The van der Waals surface area contributed by atoms with Gasteiger partial charge in [-0.1, -0.05) is 6.07 Å². The third-order valence-electron chi connectivity index (χ3n) is 4.18. The van der Waals surface area contributed by atoms with Crippen LogP contribution in [0.5, 0.6) is 11.5 Å². The van der Waals surface area contributed by atoms with E-state index in [4.69, 9.17) is 9.47 Å². The van der Waals surface area contributed by atoms with E-state index in [1.165, 1.54) is 6.42 Å². The molecule has 22 heavy (non-hydrogen) atoms. The lowest BCUT2D eigenvalue weighted by Crippen LogP contribution is -2.40. The fraction of sp³-hybridized carbons (Fsp3) is 0.588. The zero-order valence-electron chi connectivity index (χ0n) is 13.2. The van der Waals surface area contributed by atoms with Gasteiger partial charge in [-0.25, -0.2) is 0 Å². The molecule has 120 valence electrons. The number of hydrogen-bond donors (Lipinski definition) is 0. The molecule has 1 aromatic rings. The highest BCUT2D eigenvalue weighted by molar-refractivity contribution is 8.00. The van der Waals surface area contributed by atoms with Crippen LogP contribution in [-0.2, 0) is 11.2 Å². The molecule has 5 heteroatoms. The van der Waals surface area contributed by atoms with Crippen molar-refractivity contribution < 1.29 is 14.3 Å². The predicted molar refractivity (Wildman–Crippen MR) is 88.8 cm³/mol. The fourth-order valence-electron chi connectivity index (χ4n) is 3.19. The Balaban J connectivity index is 1.69. The Bertz CT molecular complexity index is 549. The van der Waals surface area contributed by atoms with Gasteiger partial charge in [0.1, 0.15) is 0 Å². The highest BCUT2D eigenvalue weighted by Gasteiger charge is 2.40. The van der Waals surface area contributed by atoms with Crippen LogP contribution in [0.3, 0.4) is 0 Å². The van der Waals surface area contributed by atoms with E-state index in [2.05, 4.69) is 4.90 Å². The summed E-state index contributed by atoms with van der Waals surface area (Å²) in [5.74, 6) is 2.81. The van der Waals surface area contributed by atoms with Gasteiger partial charge in [-0.3, -0.25) is 4.79 Å². The topological polar surface area (TPSA) is 38.8 Å². The van der Waals surface area contributed by atoms with Gasteiger partial charge < -0.3 is 14.4 Å². The molecule has 0 radical (unpaired) electrons. The predicted octanol–water partition coefficient (Wildman–Crippen LogP) is 2.74. The summed E-state index contributed by atoms with van der Waals surface area (Å²) in [6.07, 6.45) is 1.62. The van der Waals surface area contributed by atoms with Gasteiger partial charge in [0, 0.05) is 23.6 Å². The largest absolute Gasteiger partial charge is 0.490 e. The van der Waals surface area contributed by atoms with Crippen molar-refractivity contribution in [1.29, 1.82) is 0 Å². The smallest absolute Gasteiger partial charge is 0.227 e. The first-order chi connectivity index (χ1) is 10.7. The van der Waals surface area contributed by atoms with Crippen molar-refractivity contribution in [3.8, 4) is 11.5 Å². The number of carbonyl (C=O) groups is 1.